The first kappa shape index (κ1) is 18.8. The molecule has 1 N–H and O–H groups in total. The largest absolute Gasteiger partial charge is 0.481 e. The van der Waals surface area contributed by atoms with E-state index in [9.17, 15) is 18.4 Å². The van der Waals surface area contributed by atoms with Crippen LogP contribution in [0.2, 0.25) is 0 Å². The summed E-state index contributed by atoms with van der Waals surface area (Å²) in [6.07, 6.45) is 0.273. The molecule has 1 aromatic rings. The summed E-state index contributed by atoms with van der Waals surface area (Å²) in [5.41, 5.74) is 1.25. The third-order valence-electron chi connectivity index (χ3n) is 3.34. The molecule has 1 unspecified atom stereocenters. The molecule has 0 radical (unpaired) electrons. The first-order chi connectivity index (χ1) is 10.7. The van der Waals surface area contributed by atoms with Crippen molar-refractivity contribution in [2.45, 2.75) is 33.2 Å². The molecule has 0 fully saturated rings. The Labute approximate surface area is 134 Å². The number of carboxylic acid groups (broad SMARTS) is 1. The molecule has 0 bridgehead atoms. The summed E-state index contributed by atoms with van der Waals surface area (Å²) in [7, 11) is 0. The molecule has 0 spiro atoms. The van der Waals surface area contributed by atoms with E-state index in [1.807, 2.05) is 0 Å². The van der Waals surface area contributed by atoms with Crippen LogP contribution in [0.3, 0.4) is 0 Å². The normalized spacial score (nSPS) is 11.8. The molecular formula is C17H21F2NO3. The summed E-state index contributed by atoms with van der Waals surface area (Å²) in [6, 6.07) is 3.38. The van der Waals surface area contributed by atoms with Gasteiger partial charge in [-0.3, -0.25) is 9.59 Å². The highest BCUT2D eigenvalue weighted by atomic mass is 19.2. The molecule has 0 aliphatic carbocycles. The lowest BCUT2D eigenvalue weighted by Crippen LogP contribution is -2.36. The highest BCUT2D eigenvalue weighted by molar-refractivity contribution is 5.79. The van der Waals surface area contributed by atoms with E-state index in [0.29, 0.717) is 12.0 Å². The number of carbonyl (C=O) groups is 2. The van der Waals surface area contributed by atoms with Crippen molar-refractivity contribution in [2.75, 3.05) is 6.54 Å². The molecule has 0 heterocycles. The van der Waals surface area contributed by atoms with Crippen molar-refractivity contribution in [2.24, 2.45) is 5.92 Å². The van der Waals surface area contributed by atoms with Gasteiger partial charge in [0, 0.05) is 19.0 Å². The van der Waals surface area contributed by atoms with Crippen LogP contribution in [0.5, 0.6) is 0 Å². The molecule has 23 heavy (non-hydrogen) atoms. The number of hydrogen-bond donors (Lipinski definition) is 1. The fourth-order valence-electron chi connectivity index (χ4n) is 2.28. The average Bonchev–Trinajstić information content (AvgIpc) is 2.45. The predicted octanol–water partition coefficient (Wildman–Crippen LogP) is 3.37. The number of halogens is 2. The molecular weight excluding hydrogens is 304 g/mol. The second-order valence-electron chi connectivity index (χ2n) is 5.71. The topological polar surface area (TPSA) is 57.6 Å². The number of aliphatic carboxylic acids is 1. The number of rotatable bonds is 8. The third kappa shape index (κ3) is 6.18. The summed E-state index contributed by atoms with van der Waals surface area (Å²) in [4.78, 5) is 24.6. The van der Waals surface area contributed by atoms with Crippen molar-refractivity contribution < 1.29 is 23.5 Å². The van der Waals surface area contributed by atoms with Crippen LogP contribution in [0.4, 0.5) is 8.78 Å². The van der Waals surface area contributed by atoms with Crippen molar-refractivity contribution in [3.05, 3.63) is 47.5 Å². The van der Waals surface area contributed by atoms with E-state index in [1.165, 1.54) is 11.0 Å². The van der Waals surface area contributed by atoms with Crippen molar-refractivity contribution in [3.63, 3.8) is 0 Å². The van der Waals surface area contributed by atoms with E-state index in [2.05, 4.69) is 6.58 Å². The van der Waals surface area contributed by atoms with Gasteiger partial charge in [-0.25, -0.2) is 8.78 Å². The van der Waals surface area contributed by atoms with E-state index >= 15 is 0 Å². The summed E-state index contributed by atoms with van der Waals surface area (Å²) in [5, 5.41) is 8.81. The third-order valence-corrected chi connectivity index (χ3v) is 3.34. The molecule has 0 aromatic heterocycles. The summed E-state index contributed by atoms with van der Waals surface area (Å²) >= 11 is 0. The minimum atomic E-state index is -1.03. The summed E-state index contributed by atoms with van der Waals surface area (Å²) < 4.78 is 26.3. The molecule has 0 aliphatic rings. The highest BCUT2D eigenvalue weighted by Gasteiger charge is 2.21. The van der Waals surface area contributed by atoms with Gasteiger partial charge in [0.2, 0.25) is 5.91 Å². The molecule has 126 valence electrons. The smallest absolute Gasteiger partial charge is 0.305 e. The molecule has 0 saturated carbocycles. The maximum absolute atomic E-state index is 13.3. The molecule has 1 atom stereocenters. The van der Waals surface area contributed by atoms with Gasteiger partial charge < -0.3 is 10.0 Å². The monoisotopic (exact) mass is 325 g/mol. The summed E-state index contributed by atoms with van der Waals surface area (Å²) in [5.74, 6) is -3.58. The van der Waals surface area contributed by atoms with Gasteiger partial charge >= 0.3 is 5.97 Å². The molecule has 6 heteroatoms. The second-order valence-corrected chi connectivity index (χ2v) is 5.71. The fourth-order valence-corrected chi connectivity index (χ4v) is 2.28. The number of carboxylic acids is 1. The summed E-state index contributed by atoms with van der Waals surface area (Å²) in [6.45, 7) is 7.34. The molecule has 4 nitrogen and oxygen atoms in total. The Bertz CT molecular complexity index is 602. The number of allylic oxidation sites excluding steroid dienone is 1. The lowest BCUT2D eigenvalue weighted by Gasteiger charge is -2.25. The average molecular weight is 325 g/mol. The maximum Gasteiger partial charge on any atom is 0.305 e. The first-order valence-electron chi connectivity index (χ1n) is 7.29. The first-order valence-corrected chi connectivity index (χ1v) is 7.29. The van der Waals surface area contributed by atoms with Crippen LogP contribution in [0.15, 0.2) is 30.4 Å². The minimum absolute atomic E-state index is 0.00763. The van der Waals surface area contributed by atoms with Gasteiger partial charge in [0.25, 0.3) is 0 Å². The predicted molar refractivity (Wildman–Crippen MR) is 82.6 cm³/mol. The van der Waals surface area contributed by atoms with Crippen molar-refractivity contribution in [3.8, 4) is 0 Å². The van der Waals surface area contributed by atoms with Gasteiger partial charge in [0.1, 0.15) is 0 Å². The quantitative estimate of drug-likeness (QED) is 0.746. The lowest BCUT2D eigenvalue weighted by molar-refractivity contribution is -0.140. The second kappa shape index (κ2) is 8.41. The minimum Gasteiger partial charge on any atom is -0.481 e. The molecule has 0 aliphatic heterocycles. The molecule has 1 amide bonds. The Kier molecular flexibility index (Phi) is 6.88. The highest BCUT2D eigenvalue weighted by Crippen LogP contribution is 2.17. The zero-order valence-corrected chi connectivity index (χ0v) is 13.3. The van der Waals surface area contributed by atoms with Crippen molar-refractivity contribution in [1.82, 2.24) is 4.90 Å². The van der Waals surface area contributed by atoms with Gasteiger partial charge in [0.15, 0.2) is 11.6 Å². The van der Waals surface area contributed by atoms with E-state index in [4.69, 9.17) is 5.11 Å². The van der Waals surface area contributed by atoms with Gasteiger partial charge in [0.05, 0.1) is 6.42 Å². The lowest BCUT2D eigenvalue weighted by atomic mass is 10.0. The van der Waals surface area contributed by atoms with E-state index in [0.717, 1.165) is 17.7 Å². The van der Waals surface area contributed by atoms with Crippen LogP contribution in [-0.4, -0.2) is 28.4 Å². The van der Waals surface area contributed by atoms with E-state index in [1.54, 1.807) is 13.8 Å². The van der Waals surface area contributed by atoms with Gasteiger partial charge in [-0.1, -0.05) is 18.6 Å². The SMILES string of the molecule is C=C(C)CC(C)C(=O)N(CCC(=O)O)Cc1ccc(F)c(F)c1. The van der Waals surface area contributed by atoms with Gasteiger partial charge in [-0.05, 0) is 31.0 Å². The van der Waals surface area contributed by atoms with E-state index < -0.39 is 17.6 Å². The van der Waals surface area contributed by atoms with Crippen molar-refractivity contribution in [1.29, 1.82) is 0 Å². The Morgan fingerprint density at radius 1 is 1.30 bits per heavy atom. The molecule has 1 rings (SSSR count). The van der Waals surface area contributed by atoms with E-state index in [-0.39, 0.29) is 31.3 Å². The number of nitrogens with zero attached hydrogens (tertiary/aromatic N) is 1. The number of amides is 1. The standard InChI is InChI=1S/C17H21F2NO3/c1-11(2)8-12(3)17(23)20(7-6-16(21)22)10-13-4-5-14(18)15(19)9-13/h4-5,9,12H,1,6-8,10H2,2-3H3,(H,21,22). The van der Waals surface area contributed by atoms with Crippen molar-refractivity contribution >= 4 is 11.9 Å². The Hall–Kier alpha value is -2.24. The zero-order chi connectivity index (χ0) is 17.6. The number of hydrogen-bond acceptors (Lipinski definition) is 2. The Morgan fingerprint density at radius 3 is 2.48 bits per heavy atom. The van der Waals surface area contributed by atoms with Crippen LogP contribution in [0.25, 0.3) is 0 Å². The number of carbonyl (C=O) groups excluding carboxylic acids is 1. The van der Waals surface area contributed by atoms with Gasteiger partial charge in [-0.2, -0.15) is 0 Å². The van der Waals surface area contributed by atoms with Crippen LogP contribution in [0, 0.1) is 17.6 Å². The van der Waals surface area contributed by atoms with Crippen LogP contribution < -0.4 is 0 Å². The number of benzene rings is 1. The molecule has 1 aromatic carbocycles. The Morgan fingerprint density at radius 2 is 1.96 bits per heavy atom. The van der Waals surface area contributed by atoms with Crippen LogP contribution >= 0.6 is 0 Å². The Balaban J connectivity index is 2.90. The zero-order valence-electron chi connectivity index (χ0n) is 13.3. The maximum atomic E-state index is 13.3. The van der Waals surface area contributed by atoms with Crippen LogP contribution in [-0.2, 0) is 16.1 Å². The van der Waals surface area contributed by atoms with Gasteiger partial charge in [-0.15, -0.1) is 6.58 Å². The van der Waals surface area contributed by atoms with Crippen LogP contribution in [0.1, 0.15) is 32.3 Å². The molecule has 0 saturated heterocycles. The fraction of sp³-hybridized carbons (Fsp3) is 0.412.